The van der Waals surface area contributed by atoms with Crippen molar-refractivity contribution in [2.75, 3.05) is 19.6 Å². The van der Waals surface area contributed by atoms with Crippen LogP contribution in [0.4, 0.5) is 0 Å². The summed E-state index contributed by atoms with van der Waals surface area (Å²) in [6.07, 6.45) is 8.13. The van der Waals surface area contributed by atoms with Gasteiger partial charge in [-0.15, -0.1) is 0 Å². The molecule has 0 saturated heterocycles. The van der Waals surface area contributed by atoms with Gasteiger partial charge in [0.1, 0.15) is 0 Å². The van der Waals surface area contributed by atoms with Crippen molar-refractivity contribution in [2.45, 2.75) is 39.0 Å². The smallest absolute Gasteiger partial charge is 0.307 e. The van der Waals surface area contributed by atoms with Crippen LogP contribution in [0, 0.1) is 17.2 Å². The third-order valence-electron chi connectivity index (χ3n) is 3.38. The molecule has 0 saturated carbocycles. The fraction of sp³-hybridized carbons (Fsp3) is 0.714. The first kappa shape index (κ1) is 14.7. The van der Waals surface area contributed by atoms with Gasteiger partial charge in [0, 0.05) is 13.1 Å². The van der Waals surface area contributed by atoms with Crippen LogP contribution in [0.5, 0.6) is 0 Å². The first-order valence-electron chi connectivity index (χ1n) is 6.63. The fourth-order valence-electron chi connectivity index (χ4n) is 2.23. The van der Waals surface area contributed by atoms with Gasteiger partial charge in [-0.25, -0.2) is 0 Å². The highest BCUT2D eigenvalue weighted by Gasteiger charge is 2.16. The van der Waals surface area contributed by atoms with Crippen LogP contribution in [0.25, 0.3) is 0 Å². The second-order valence-corrected chi connectivity index (χ2v) is 4.99. The lowest BCUT2D eigenvalue weighted by molar-refractivity contribution is -0.141. The first-order valence-corrected chi connectivity index (χ1v) is 6.63. The highest BCUT2D eigenvalue weighted by Crippen LogP contribution is 2.20. The molecule has 0 aromatic rings. The zero-order valence-corrected chi connectivity index (χ0v) is 11.1. The van der Waals surface area contributed by atoms with E-state index in [9.17, 15) is 4.79 Å². The standard InChI is InChI=1S/C14H22N2O2/c1-12(14(17)18)11-16(10-8-15)9-7-13-5-3-2-4-6-13/h5,12H,2-4,6-7,9-11H2,1H3,(H,17,18). The van der Waals surface area contributed by atoms with Crippen LogP contribution in [0.1, 0.15) is 39.0 Å². The van der Waals surface area contributed by atoms with Gasteiger partial charge in [-0.1, -0.05) is 18.6 Å². The van der Waals surface area contributed by atoms with Crippen molar-refractivity contribution in [1.82, 2.24) is 4.90 Å². The maximum Gasteiger partial charge on any atom is 0.307 e. The summed E-state index contributed by atoms with van der Waals surface area (Å²) < 4.78 is 0. The van der Waals surface area contributed by atoms with E-state index < -0.39 is 11.9 Å². The zero-order valence-electron chi connectivity index (χ0n) is 11.1. The fourth-order valence-corrected chi connectivity index (χ4v) is 2.23. The van der Waals surface area contributed by atoms with E-state index in [0.717, 1.165) is 19.4 Å². The van der Waals surface area contributed by atoms with E-state index in [-0.39, 0.29) is 0 Å². The van der Waals surface area contributed by atoms with Crippen LogP contribution in [0.2, 0.25) is 0 Å². The third-order valence-corrected chi connectivity index (χ3v) is 3.38. The molecular weight excluding hydrogens is 228 g/mol. The monoisotopic (exact) mass is 250 g/mol. The van der Waals surface area contributed by atoms with Crippen molar-refractivity contribution in [1.29, 1.82) is 5.26 Å². The van der Waals surface area contributed by atoms with Crippen LogP contribution in [-0.2, 0) is 4.79 Å². The molecule has 0 spiro atoms. The van der Waals surface area contributed by atoms with E-state index in [4.69, 9.17) is 10.4 Å². The number of aliphatic carboxylic acids is 1. The molecule has 4 heteroatoms. The van der Waals surface area contributed by atoms with Gasteiger partial charge >= 0.3 is 5.97 Å². The Balaban J connectivity index is 2.40. The van der Waals surface area contributed by atoms with E-state index >= 15 is 0 Å². The molecule has 1 rings (SSSR count). The van der Waals surface area contributed by atoms with E-state index in [1.807, 2.05) is 4.90 Å². The molecule has 1 aliphatic carbocycles. The second kappa shape index (κ2) is 7.88. The third kappa shape index (κ3) is 5.33. The van der Waals surface area contributed by atoms with Crippen molar-refractivity contribution >= 4 is 5.97 Å². The predicted octanol–water partition coefficient (Wildman–Crippen LogP) is 2.42. The zero-order chi connectivity index (χ0) is 13.4. The topological polar surface area (TPSA) is 64.3 Å². The van der Waals surface area contributed by atoms with Crippen LogP contribution >= 0.6 is 0 Å². The number of carboxylic acids is 1. The highest BCUT2D eigenvalue weighted by molar-refractivity contribution is 5.69. The molecule has 100 valence electrons. The van der Waals surface area contributed by atoms with E-state index in [1.54, 1.807) is 6.92 Å². The molecule has 0 aliphatic heterocycles. The first-order chi connectivity index (χ1) is 8.63. The average Bonchev–Trinajstić information content (AvgIpc) is 2.37. The number of hydrogen-bond acceptors (Lipinski definition) is 3. The van der Waals surface area contributed by atoms with Gasteiger partial charge in [-0.2, -0.15) is 5.26 Å². The largest absolute Gasteiger partial charge is 0.481 e. The molecule has 1 unspecified atom stereocenters. The van der Waals surface area contributed by atoms with Gasteiger partial charge in [-0.05, 0) is 32.1 Å². The summed E-state index contributed by atoms with van der Waals surface area (Å²) in [5.41, 5.74) is 1.46. The lowest BCUT2D eigenvalue weighted by Crippen LogP contribution is -2.33. The van der Waals surface area contributed by atoms with Crippen molar-refractivity contribution < 1.29 is 9.90 Å². The van der Waals surface area contributed by atoms with Gasteiger partial charge in [0.15, 0.2) is 0 Å². The Morgan fingerprint density at radius 3 is 2.94 bits per heavy atom. The van der Waals surface area contributed by atoms with Crippen LogP contribution in [0.3, 0.4) is 0 Å². The lowest BCUT2D eigenvalue weighted by Gasteiger charge is -2.22. The lowest BCUT2D eigenvalue weighted by atomic mass is 9.97. The summed E-state index contributed by atoms with van der Waals surface area (Å²) in [4.78, 5) is 12.8. The highest BCUT2D eigenvalue weighted by atomic mass is 16.4. The Morgan fingerprint density at radius 1 is 1.61 bits per heavy atom. The van der Waals surface area contributed by atoms with Crippen molar-refractivity contribution in [3.8, 4) is 6.07 Å². The molecule has 0 fully saturated rings. The number of allylic oxidation sites excluding steroid dienone is 1. The molecule has 0 aromatic carbocycles. The number of nitriles is 1. The Labute approximate surface area is 109 Å². The minimum atomic E-state index is -0.796. The van der Waals surface area contributed by atoms with E-state index in [1.165, 1.54) is 24.8 Å². The number of carbonyl (C=O) groups is 1. The van der Waals surface area contributed by atoms with Crippen LogP contribution < -0.4 is 0 Å². The summed E-state index contributed by atoms with van der Waals surface area (Å²) in [6.45, 7) is 3.24. The van der Waals surface area contributed by atoms with E-state index in [0.29, 0.717) is 13.1 Å². The minimum Gasteiger partial charge on any atom is -0.481 e. The Hall–Kier alpha value is -1.34. The average molecular weight is 250 g/mol. The molecule has 0 amide bonds. The normalized spacial score (nSPS) is 17.1. The number of carboxylic acid groups (broad SMARTS) is 1. The SMILES string of the molecule is CC(CN(CC#N)CCC1=CCCCC1)C(=O)O. The second-order valence-electron chi connectivity index (χ2n) is 4.99. The van der Waals surface area contributed by atoms with Gasteiger partial charge in [0.2, 0.25) is 0 Å². The summed E-state index contributed by atoms with van der Waals surface area (Å²) >= 11 is 0. The van der Waals surface area contributed by atoms with Crippen molar-refractivity contribution in [2.24, 2.45) is 5.92 Å². The summed E-state index contributed by atoms with van der Waals surface area (Å²) in [6, 6.07) is 2.11. The molecule has 4 nitrogen and oxygen atoms in total. The van der Waals surface area contributed by atoms with Gasteiger partial charge in [0.05, 0.1) is 18.5 Å². The number of nitrogens with zero attached hydrogens (tertiary/aromatic N) is 2. The Kier molecular flexibility index (Phi) is 6.45. The molecular formula is C14H22N2O2. The Morgan fingerprint density at radius 2 is 2.39 bits per heavy atom. The maximum atomic E-state index is 10.8. The van der Waals surface area contributed by atoms with Crippen molar-refractivity contribution in [3.63, 3.8) is 0 Å². The van der Waals surface area contributed by atoms with Gasteiger partial charge in [0.25, 0.3) is 0 Å². The summed E-state index contributed by atoms with van der Waals surface area (Å²) in [5.74, 6) is -1.21. The number of rotatable bonds is 7. The molecule has 0 heterocycles. The van der Waals surface area contributed by atoms with Crippen LogP contribution in [0.15, 0.2) is 11.6 Å². The molecule has 0 aromatic heterocycles. The summed E-state index contributed by atoms with van der Waals surface area (Å²) in [5, 5.41) is 17.7. The Bertz CT molecular complexity index is 344. The number of hydrogen-bond donors (Lipinski definition) is 1. The van der Waals surface area contributed by atoms with Crippen molar-refractivity contribution in [3.05, 3.63) is 11.6 Å². The van der Waals surface area contributed by atoms with Crippen LogP contribution in [-0.4, -0.2) is 35.6 Å². The quantitative estimate of drug-likeness (QED) is 0.556. The molecule has 0 bridgehead atoms. The maximum absolute atomic E-state index is 10.8. The van der Waals surface area contributed by atoms with E-state index in [2.05, 4.69) is 12.1 Å². The molecule has 18 heavy (non-hydrogen) atoms. The van der Waals surface area contributed by atoms with Gasteiger partial charge in [-0.3, -0.25) is 9.69 Å². The minimum absolute atomic E-state index is 0.310. The van der Waals surface area contributed by atoms with Gasteiger partial charge < -0.3 is 5.11 Å². The molecule has 1 N–H and O–H groups in total. The molecule has 1 atom stereocenters. The molecule has 1 aliphatic rings. The molecule has 0 radical (unpaired) electrons. The summed E-state index contributed by atoms with van der Waals surface area (Å²) in [7, 11) is 0. The predicted molar refractivity (Wildman–Crippen MR) is 70.0 cm³/mol.